The summed E-state index contributed by atoms with van der Waals surface area (Å²) in [6, 6.07) is 9.90. The maximum Gasteiger partial charge on any atom is 0.273 e. The van der Waals surface area contributed by atoms with Crippen molar-refractivity contribution in [2.24, 2.45) is 0 Å². The van der Waals surface area contributed by atoms with Gasteiger partial charge in [0.2, 0.25) is 0 Å². The van der Waals surface area contributed by atoms with E-state index < -0.39 is 0 Å². The molecule has 0 aliphatic carbocycles. The first-order valence-electron chi connectivity index (χ1n) is 4.86. The van der Waals surface area contributed by atoms with Gasteiger partial charge in [0, 0.05) is 17.1 Å². The van der Waals surface area contributed by atoms with E-state index in [0.29, 0.717) is 0 Å². The van der Waals surface area contributed by atoms with Crippen molar-refractivity contribution in [1.82, 2.24) is 9.55 Å². The van der Waals surface area contributed by atoms with Gasteiger partial charge in [-0.05, 0) is 17.5 Å². The van der Waals surface area contributed by atoms with E-state index in [1.54, 1.807) is 12.4 Å². The van der Waals surface area contributed by atoms with Gasteiger partial charge in [0.05, 0.1) is 4.88 Å². The monoisotopic (exact) mass is 228 g/mol. The molecule has 2 heterocycles. The normalized spacial score (nSPS) is 10.8. The van der Waals surface area contributed by atoms with Crippen LogP contribution < -0.4 is 0 Å². The first-order chi connectivity index (χ1) is 7.84. The predicted molar refractivity (Wildman–Crippen MR) is 63.8 cm³/mol. The molecule has 0 saturated carbocycles. The van der Waals surface area contributed by atoms with Crippen LogP contribution >= 0.6 is 11.3 Å². The molecule has 4 heteroatoms. The van der Waals surface area contributed by atoms with Crippen LogP contribution in [0.25, 0.3) is 10.1 Å². The number of carbonyl (C=O) groups is 1. The fourth-order valence-corrected chi connectivity index (χ4v) is 2.60. The molecule has 3 aromatic rings. The van der Waals surface area contributed by atoms with Gasteiger partial charge in [0.1, 0.15) is 6.33 Å². The second-order valence-corrected chi connectivity index (χ2v) is 4.51. The Morgan fingerprint density at radius 1 is 1.31 bits per heavy atom. The minimum absolute atomic E-state index is 0.0290. The Labute approximate surface area is 96.0 Å². The lowest BCUT2D eigenvalue weighted by molar-refractivity contribution is 0.0964. The second-order valence-electron chi connectivity index (χ2n) is 3.42. The van der Waals surface area contributed by atoms with Gasteiger partial charge in [-0.25, -0.2) is 4.98 Å². The minimum atomic E-state index is -0.0290. The number of rotatable bonds is 1. The van der Waals surface area contributed by atoms with Gasteiger partial charge >= 0.3 is 0 Å². The fraction of sp³-hybridized carbons (Fsp3) is 0. The molecule has 0 N–H and O–H groups in total. The molecule has 0 amide bonds. The molecule has 0 fully saturated rings. The van der Waals surface area contributed by atoms with Crippen molar-refractivity contribution >= 4 is 27.3 Å². The van der Waals surface area contributed by atoms with E-state index in [2.05, 4.69) is 4.98 Å². The Balaban J connectivity index is 2.10. The maximum atomic E-state index is 12.0. The summed E-state index contributed by atoms with van der Waals surface area (Å²) in [6.07, 6.45) is 4.78. The highest BCUT2D eigenvalue weighted by atomic mass is 32.1. The average molecular weight is 228 g/mol. The summed E-state index contributed by atoms with van der Waals surface area (Å²) in [5.74, 6) is -0.0290. The molecule has 2 aromatic heterocycles. The van der Waals surface area contributed by atoms with E-state index in [4.69, 9.17) is 0 Å². The summed E-state index contributed by atoms with van der Waals surface area (Å²) in [5, 5.41) is 1.11. The number of hydrogen-bond acceptors (Lipinski definition) is 3. The van der Waals surface area contributed by atoms with Crippen molar-refractivity contribution in [3.63, 3.8) is 0 Å². The van der Waals surface area contributed by atoms with Gasteiger partial charge < -0.3 is 0 Å². The molecule has 78 valence electrons. The Hall–Kier alpha value is -1.94. The third-order valence-corrected chi connectivity index (χ3v) is 3.48. The summed E-state index contributed by atoms with van der Waals surface area (Å²) in [5.41, 5.74) is 0. The van der Waals surface area contributed by atoms with Crippen LogP contribution in [0.3, 0.4) is 0 Å². The van der Waals surface area contributed by atoms with Gasteiger partial charge in [0.15, 0.2) is 0 Å². The van der Waals surface area contributed by atoms with Crippen LogP contribution in [-0.4, -0.2) is 15.5 Å². The molecule has 0 aliphatic rings. The lowest BCUT2D eigenvalue weighted by atomic mass is 10.2. The largest absolute Gasteiger partial charge is 0.273 e. The number of fused-ring (bicyclic) bond motifs is 1. The van der Waals surface area contributed by atoms with Crippen LogP contribution in [0.1, 0.15) is 9.67 Å². The minimum Gasteiger partial charge on any atom is -0.272 e. The number of carbonyl (C=O) groups excluding carboxylic acids is 1. The smallest absolute Gasteiger partial charge is 0.272 e. The predicted octanol–water partition coefficient (Wildman–Crippen LogP) is 2.79. The van der Waals surface area contributed by atoms with E-state index in [1.807, 2.05) is 30.3 Å². The number of nitrogens with zero attached hydrogens (tertiary/aromatic N) is 2. The zero-order valence-corrected chi connectivity index (χ0v) is 9.15. The summed E-state index contributed by atoms with van der Waals surface area (Å²) in [6.45, 7) is 0. The van der Waals surface area contributed by atoms with Crippen molar-refractivity contribution in [2.45, 2.75) is 0 Å². The van der Waals surface area contributed by atoms with Gasteiger partial charge in [0.25, 0.3) is 5.91 Å². The SMILES string of the molecule is O=C(c1cc2ccccc2s1)n1ccnc1. The molecular formula is C12H8N2OS. The molecule has 3 rings (SSSR count). The van der Waals surface area contributed by atoms with Crippen LogP contribution in [0.4, 0.5) is 0 Å². The molecule has 0 radical (unpaired) electrons. The number of aromatic nitrogens is 2. The van der Waals surface area contributed by atoms with Crippen molar-refractivity contribution in [1.29, 1.82) is 0 Å². The second kappa shape index (κ2) is 3.57. The molecule has 0 unspecified atom stereocenters. The van der Waals surface area contributed by atoms with Crippen LogP contribution in [0.5, 0.6) is 0 Å². The molecule has 0 spiro atoms. The summed E-state index contributed by atoms with van der Waals surface area (Å²) >= 11 is 1.51. The number of benzene rings is 1. The van der Waals surface area contributed by atoms with Gasteiger partial charge in [-0.15, -0.1) is 11.3 Å². The highest BCUT2D eigenvalue weighted by molar-refractivity contribution is 7.20. The highest BCUT2D eigenvalue weighted by Crippen LogP contribution is 2.25. The van der Waals surface area contributed by atoms with E-state index in [-0.39, 0.29) is 5.91 Å². The van der Waals surface area contributed by atoms with Crippen LogP contribution in [0.15, 0.2) is 49.1 Å². The van der Waals surface area contributed by atoms with E-state index in [1.165, 1.54) is 22.2 Å². The summed E-state index contributed by atoms with van der Waals surface area (Å²) in [7, 11) is 0. The Bertz CT molecular complexity index is 607. The first kappa shape index (κ1) is 9.30. The van der Waals surface area contributed by atoms with E-state index in [9.17, 15) is 4.79 Å². The summed E-state index contributed by atoms with van der Waals surface area (Å²) < 4.78 is 2.62. The van der Waals surface area contributed by atoms with E-state index in [0.717, 1.165) is 15.0 Å². The molecule has 0 atom stereocenters. The highest BCUT2D eigenvalue weighted by Gasteiger charge is 2.11. The van der Waals surface area contributed by atoms with Gasteiger partial charge in [-0.2, -0.15) is 0 Å². The molecule has 0 saturated heterocycles. The Morgan fingerprint density at radius 2 is 2.19 bits per heavy atom. The quantitative estimate of drug-likeness (QED) is 0.642. The average Bonchev–Trinajstić information content (AvgIpc) is 2.97. The third-order valence-electron chi connectivity index (χ3n) is 2.38. The zero-order valence-electron chi connectivity index (χ0n) is 8.33. The van der Waals surface area contributed by atoms with Gasteiger partial charge in [-0.1, -0.05) is 18.2 Å². The van der Waals surface area contributed by atoms with Crippen molar-refractivity contribution < 1.29 is 4.79 Å². The number of thiophene rings is 1. The Kier molecular flexibility index (Phi) is 2.08. The lowest BCUT2D eigenvalue weighted by Crippen LogP contribution is -2.07. The molecule has 0 bridgehead atoms. The van der Waals surface area contributed by atoms with Gasteiger partial charge in [-0.3, -0.25) is 9.36 Å². The van der Waals surface area contributed by atoms with Crippen molar-refractivity contribution in [3.8, 4) is 0 Å². The van der Waals surface area contributed by atoms with Crippen LogP contribution in [0.2, 0.25) is 0 Å². The van der Waals surface area contributed by atoms with Crippen LogP contribution in [0, 0.1) is 0 Å². The fourth-order valence-electron chi connectivity index (χ4n) is 1.59. The molecule has 0 aliphatic heterocycles. The third kappa shape index (κ3) is 1.44. The Morgan fingerprint density at radius 3 is 2.94 bits per heavy atom. The molecule has 1 aromatic carbocycles. The molecular weight excluding hydrogens is 220 g/mol. The number of imidazole rings is 1. The van der Waals surface area contributed by atoms with E-state index >= 15 is 0 Å². The van der Waals surface area contributed by atoms with Crippen molar-refractivity contribution in [2.75, 3.05) is 0 Å². The molecule has 3 nitrogen and oxygen atoms in total. The topological polar surface area (TPSA) is 34.9 Å². The standard InChI is InChI=1S/C12H8N2OS/c15-12(14-6-5-13-8-14)11-7-9-3-1-2-4-10(9)16-11/h1-8H. The van der Waals surface area contributed by atoms with Crippen LogP contribution in [-0.2, 0) is 0 Å². The lowest BCUT2D eigenvalue weighted by Gasteiger charge is -1.95. The first-order valence-corrected chi connectivity index (χ1v) is 5.67. The molecule has 16 heavy (non-hydrogen) atoms. The summed E-state index contributed by atoms with van der Waals surface area (Å²) in [4.78, 5) is 16.6. The number of hydrogen-bond donors (Lipinski definition) is 0. The van der Waals surface area contributed by atoms with Crippen molar-refractivity contribution in [3.05, 3.63) is 53.9 Å². The maximum absolute atomic E-state index is 12.0. The zero-order chi connectivity index (χ0) is 11.0.